The van der Waals surface area contributed by atoms with Gasteiger partial charge in [-0.05, 0) is 31.9 Å². The lowest BCUT2D eigenvalue weighted by Gasteiger charge is -2.40. The predicted molar refractivity (Wildman–Crippen MR) is 44.6 cm³/mol. The van der Waals surface area contributed by atoms with Crippen LogP contribution in [0.1, 0.15) is 24.4 Å². The van der Waals surface area contributed by atoms with Crippen LogP contribution in [-0.4, -0.2) is 11.2 Å². The van der Waals surface area contributed by atoms with Gasteiger partial charge in [0.05, 0.1) is 11.6 Å². The maximum atomic E-state index is 9.13. The maximum absolute atomic E-state index is 9.13. The van der Waals surface area contributed by atoms with Crippen LogP contribution in [0.5, 0.6) is 0 Å². The van der Waals surface area contributed by atoms with E-state index >= 15 is 0 Å². The highest BCUT2D eigenvalue weighted by atomic mass is 16.3. The van der Waals surface area contributed by atoms with E-state index in [9.17, 15) is 0 Å². The molecule has 0 aromatic carbocycles. The van der Waals surface area contributed by atoms with Crippen LogP contribution in [0.4, 0.5) is 0 Å². The smallest absolute Gasteiger partial charge is 0.124 e. The summed E-state index contributed by atoms with van der Waals surface area (Å²) in [6, 6.07) is 3.79. The van der Waals surface area contributed by atoms with E-state index in [1.165, 1.54) is 0 Å². The van der Waals surface area contributed by atoms with E-state index in [1.54, 1.807) is 0 Å². The summed E-state index contributed by atoms with van der Waals surface area (Å²) in [6.45, 7) is 1.89. The van der Waals surface area contributed by atoms with Gasteiger partial charge in [-0.3, -0.25) is 0 Å². The van der Waals surface area contributed by atoms with Crippen molar-refractivity contribution in [2.24, 2.45) is 5.73 Å². The van der Waals surface area contributed by atoms with Gasteiger partial charge in [-0.15, -0.1) is 0 Å². The number of rotatable bonds is 1. The molecular formula is C9H13NO2. The Morgan fingerprint density at radius 3 is 2.67 bits per heavy atom. The van der Waals surface area contributed by atoms with Crippen molar-refractivity contribution in [3.8, 4) is 0 Å². The average molecular weight is 167 g/mol. The number of aliphatic hydroxyl groups is 1. The van der Waals surface area contributed by atoms with Gasteiger partial charge >= 0.3 is 0 Å². The van der Waals surface area contributed by atoms with E-state index in [0.29, 0.717) is 12.8 Å². The zero-order valence-electron chi connectivity index (χ0n) is 7.08. The Labute approximate surface area is 71.2 Å². The molecule has 3 N–H and O–H groups in total. The molecule has 1 saturated carbocycles. The van der Waals surface area contributed by atoms with Crippen molar-refractivity contribution in [3.05, 3.63) is 23.7 Å². The highest BCUT2D eigenvalue weighted by Gasteiger charge is 2.43. The molecule has 1 aromatic rings. The molecule has 3 heteroatoms. The normalized spacial score (nSPS) is 34.8. The third-order valence-corrected chi connectivity index (χ3v) is 2.43. The first-order chi connectivity index (χ1) is 5.60. The van der Waals surface area contributed by atoms with Crippen molar-refractivity contribution in [1.82, 2.24) is 0 Å². The number of furan rings is 1. The van der Waals surface area contributed by atoms with Gasteiger partial charge in [-0.2, -0.15) is 0 Å². The van der Waals surface area contributed by atoms with Gasteiger partial charge in [-0.25, -0.2) is 0 Å². The van der Waals surface area contributed by atoms with Crippen molar-refractivity contribution < 1.29 is 9.52 Å². The Morgan fingerprint density at radius 1 is 1.58 bits per heavy atom. The van der Waals surface area contributed by atoms with Gasteiger partial charge in [0, 0.05) is 0 Å². The Balaban J connectivity index is 2.20. The number of aliphatic hydroxyl groups excluding tert-OH is 1. The summed E-state index contributed by atoms with van der Waals surface area (Å²) in [5.41, 5.74) is 5.57. The summed E-state index contributed by atoms with van der Waals surface area (Å²) in [6.07, 6.45) is 0.973. The molecule has 2 rings (SSSR count). The summed E-state index contributed by atoms with van der Waals surface area (Å²) in [5.74, 6) is 1.67. The van der Waals surface area contributed by atoms with Crippen molar-refractivity contribution in [2.75, 3.05) is 0 Å². The number of aryl methyl sites for hydroxylation is 1. The van der Waals surface area contributed by atoms with Crippen molar-refractivity contribution in [3.63, 3.8) is 0 Å². The van der Waals surface area contributed by atoms with Crippen molar-refractivity contribution >= 4 is 0 Å². The lowest BCUT2D eigenvalue weighted by molar-refractivity contribution is 0.00976. The Morgan fingerprint density at radius 2 is 2.25 bits per heavy atom. The van der Waals surface area contributed by atoms with E-state index in [-0.39, 0.29) is 6.10 Å². The summed E-state index contributed by atoms with van der Waals surface area (Å²) >= 11 is 0. The van der Waals surface area contributed by atoms with Gasteiger partial charge in [-0.1, -0.05) is 0 Å². The minimum atomic E-state index is -0.409. The monoisotopic (exact) mass is 167 g/mol. The van der Waals surface area contributed by atoms with E-state index in [0.717, 1.165) is 11.5 Å². The quantitative estimate of drug-likeness (QED) is 0.653. The van der Waals surface area contributed by atoms with Crippen molar-refractivity contribution in [1.29, 1.82) is 0 Å². The van der Waals surface area contributed by atoms with Crippen LogP contribution >= 0.6 is 0 Å². The first-order valence-electron chi connectivity index (χ1n) is 4.14. The fourth-order valence-corrected chi connectivity index (χ4v) is 1.68. The Bertz CT molecular complexity index is 286. The second-order valence-electron chi connectivity index (χ2n) is 3.63. The van der Waals surface area contributed by atoms with Crippen LogP contribution in [0, 0.1) is 6.92 Å². The minimum absolute atomic E-state index is 0.250. The van der Waals surface area contributed by atoms with Gasteiger partial charge in [0.2, 0.25) is 0 Å². The first kappa shape index (κ1) is 7.83. The Kier molecular flexibility index (Phi) is 1.53. The number of nitrogens with two attached hydrogens (primary N) is 1. The standard InChI is InChI=1S/C9H13NO2/c1-6-2-3-8(12-6)9(10)4-7(11)5-9/h2-3,7,11H,4-5,10H2,1H3. The Hall–Kier alpha value is -0.800. The average Bonchev–Trinajstić information content (AvgIpc) is 2.33. The summed E-state index contributed by atoms with van der Waals surface area (Å²) in [7, 11) is 0. The molecule has 1 aliphatic carbocycles. The molecule has 0 saturated heterocycles. The fourth-order valence-electron chi connectivity index (χ4n) is 1.68. The van der Waals surface area contributed by atoms with Crippen molar-refractivity contribution in [2.45, 2.75) is 31.4 Å². The van der Waals surface area contributed by atoms with E-state index in [4.69, 9.17) is 15.3 Å². The lowest BCUT2D eigenvalue weighted by atomic mass is 9.73. The van der Waals surface area contributed by atoms with Gasteiger partial charge < -0.3 is 15.3 Å². The highest BCUT2D eigenvalue weighted by molar-refractivity contribution is 5.19. The molecule has 3 nitrogen and oxygen atoms in total. The molecule has 1 fully saturated rings. The molecule has 0 amide bonds. The SMILES string of the molecule is Cc1ccc(C2(N)CC(O)C2)o1. The van der Waals surface area contributed by atoms with Gasteiger partial charge in [0.1, 0.15) is 11.5 Å². The molecule has 12 heavy (non-hydrogen) atoms. The van der Waals surface area contributed by atoms with Crippen LogP contribution in [0.3, 0.4) is 0 Å². The van der Waals surface area contributed by atoms with Crippen LogP contribution in [0.2, 0.25) is 0 Å². The topological polar surface area (TPSA) is 59.4 Å². The first-order valence-corrected chi connectivity index (χ1v) is 4.14. The second-order valence-corrected chi connectivity index (χ2v) is 3.63. The van der Waals surface area contributed by atoms with E-state index < -0.39 is 5.54 Å². The molecule has 0 radical (unpaired) electrons. The fraction of sp³-hybridized carbons (Fsp3) is 0.556. The molecule has 1 aromatic heterocycles. The predicted octanol–water partition coefficient (Wildman–Crippen LogP) is 0.897. The van der Waals surface area contributed by atoms with Crippen LogP contribution < -0.4 is 5.73 Å². The van der Waals surface area contributed by atoms with E-state index in [1.807, 2.05) is 19.1 Å². The molecule has 66 valence electrons. The summed E-state index contributed by atoms with van der Waals surface area (Å²) in [5, 5.41) is 9.13. The zero-order valence-corrected chi connectivity index (χ0v) is 7.08. The van der Waals surface area contributed by atoms with Gasteiger partial charge in [0.15, 0.2) is 0 Å². The molecule has 0 atom stereocenters. The molecular weight excluding hydrogens is 154 g/mol. The molecule has 1 aliphatic rings. The maximum Gasteiger partial charge on any atom is 0.124 e. The van der Waals surface area contributed by atoms with Crippen LogP contribution in [0.25, 0.3) is 0 Å². The molecule has 0 spiro atoms. The lowest BCUT2D eigenvalue weighted by Crippen LogP contribution is -2.51. The minimum Gasteiger partial charge on any atom is -0.464 e. The van der Waals surface area contributed by atoms with Crippen LogP contribution in [0.15, 0.2) is 16.5 Å². The zero-order chi connectivity index (χ0) is 8.77. The van der Waals surface area contributed by atoms with Crippen LogP contribution in [-0.2, 0) is 5.54 Å². The molecule has 0 aliphatic heterocycles. The highest BCUT2D eigenvalue weighted by Crippen LogP contribution is 2.39. The molecule has 0 unspecified atom stereocenters. The van der Waals surface area contributed by atoms with E-state index in [2.05, 4.69) is 0 Å². The second kappa shape index (κ2) is 2.34. The third kappa shape index (κ3) is 1.06. The largest absolute Gasteiger partial charge is 0.464 e. The number of hydrogen-bond acceptors (Lipinski definition) is 3. The summed E-state index contributed by atoms with van der Waals surface area (Å²) < 4.78 is 5.40. The summed E-state index contributed by atoms with van der Waals surface area (Å²) in [4.78, 5) is 0. The van der Waals surface area contributed by atoms with Gasteiger partial charge in [0.25, 0.3) is 0 Å². The third-order valence-electron chi connectivity index (χ3n) is 2.43. The molecule has 1 heterocycles. The molecule has 0 bridgehead atoms. The number of hydrogen-bond donors (Lipinski definition) is 2.